The molecule has 2 rings (SSSR count). The summed E-state index contributed by atoms with van der Waals surface area (Å²) in [5.74, 6) is -0.369. The molecule has 0 aromatic heterocycles. The Labute approximate surface area is 116 Å². The SMILES string of the molecule is O=C(O)C1CCCCC1CNCCN1CCCCC1. The quantitative estimate of drug-likeness (QED) is 0.723. The van der Waals surface area contributed by atoms with E-state index < -0.39 is 5.97 Å². The van der Waals surface area contributed by atoms with Gasteiger partial charge in [0.25, 0.3) is 0 Å². The normalized spacial score (nSPS) is 29.3. The molecule has 0 amide bonds. The van der Waals surface area contributed by atoms with Gasteiger partial charge in [0.15, 0.2) is 0 Å². The Morgan fingerprint density at radius 1 is 1.11 bits per heavy atom. The molecule has 2 unspecified atom stereocenters. The molecule has 2 N–H and O–H groups in total. The minimum absolute atomic E-state index is 0.115. The third-order valence-electron chi connectivity index (χ3n) is 4.69. The van der Waals surface area contributed by atoms with E-state index in [0.717, 1.165) is 38.9 Å². The molecular formula is C15H28N2O2. The van der Waals surface area contributed by atoms with Crippen LogP contribution in [-0.2, 0) is 4.79 Å². The first-order chi connectivity index (χ1) is 9.27. The molecule has 1 saturated heterocycles. The number of hydrogen-bond donors (Lipinski definition) is 2. The second kappa shape index (κ2) is 7.85. The first-order valence-electron chi connectivity index (χ1n) is 7.93. The number of nitrogens with zero attached hydrogens (tertiary/aromatic N) is 1. The Hall–Kier alpha value is -0.610. The van der Waals surface area contributed by atoms with Crippen LogP contribution in [0.15, 0.2) is 0 Å². The van der Waals surface area contributed by atoms with Gasteiger partial charge in [-0.1, -0.05) is 19.3 Å². The van der Waals surface area contributed by atoms with Crippen LogP contribution in [0.25, 0.3) is 0 Å². The van der Waals surface area contributed by atoms with Crippen LogP contribution in [0, 0.1) is 11.8 Å². The molecule has 110 valence electrons. The van der Waals surface area contributed by atoms with Crippen molar-refractivity contribution in [2.45, 2.75) is 44.9 Å². The van der Waals surface area contributed by atoms with Crippen LogP contribution in [0.3, 0.4) is 0 Å². The summed E-state index contributed by atoms with van der Waals surface area (Å²) < 4.78 is 0. The van der Waals surface area contributed by atoms with Crippen molar-refractivity contribution in [3.05, 3.63) is 0 Å². The van der Waals surface area contributed by atoms with Gasteiger partial charge in [0.1, 0.15) is 0 Å². The average molecular weight is 268 g/mol. The van der Waals surface area contributed by atoms with Gasteiger partial charge in [-0.15, -0.1) is 0 Å². The van der Waals surface area contributed by atoms with Gasteiger partial charge in [-0.3, -0.25) is 4.79 Å². The zero-order valence-electron chi connectivity index (χ0n) is 11.9. The summed E-state index contributed by atoms with van der Waals surface area (Å²) in [6.45, 7) is 5.48. The molecule has 0 aromatic carbocycles. The largest absolute Gasteiger partial charge is 0.481 e. The van der Waals surface area contributed by atoms with E-state index in [0.29, 0.717) is 5.92 Å². The Balaban J connectivity index is 1.62. The number of hydrogen-bond acceptors (Lipinski definition) is 3. The maximum atomic E-state index is 11.2. The van der Waals surface area contributed by atoms with Gasteiger partial charge in [-0.25, -0.2) is 0 Å². The molecule has 0 bridgehead atoms. The average Bonchev–Trinajstić information content (AvgIpc) is 2.45. The zero-order chi connectivity index (χ0) is 13.5. The molecule has 2 atom stereocenters. The minimum Gasteiger partial charge on any atom is -0.481 e. The highest BCUT2D eigenvalue weighted by Crippen LogP contribution is 2.29. The van der Waals surface area contributed by atoms with E-state index >= 15 is 0 Å². The fourth-order valence-electron chi connectivity index (χ4n) is 3.48. The van der Waals surface area contributed by atoms with E-state index in [1.807, 2.05) is 0 Å². The van der Waals surface area contributed by atoms with E-state index in [1.54, 1.807) is 0 Å². The fraction of sp³-hybridized carbons (Fsp3) is 0.933. The Bertz CT molecular complexity index is 277. The Morgan fingerprint density at radius 3 is 2.58 bits per heavy atom. The summed E-state index contributed by atoms with van der Waals surface area (Å²) in [7, 11) is 0. The lowest BCUT2D eigenvalue weighted by molar-refractivity contribution is -0.144. The van der Waals surface area contributed by atoms with Crippen LogP contribution in [0.2, 0.25) is 0 Å². The van der Waals surface area contributed by atoms with Crippen molar-refractivity contribution in [2.75, 3.05) is 32.7 Å². The van der Waals surface area contributed by atoms with Crippen LogP contribution < -0.4 is 5.32 Å². The molecule has 4 heteroatoms. The summed E-state index contributed by atoms with van der Waals surface area (Å²) in [5, 5.41) is 12.7. The number of carbonyl (C=O) groups is 1. The monoisotopic (exact) mass is 268 g/mol. The smallest absolute Gasteiger partial charge is 0.306 e. The van der Waals surface area contributed by atoms with Crippen molar-refractivity contribution in [1.29, 1.82) is 0 Å². The minimum atomic E-state index is -0.595. The number of rotatable bonds is 6. The number of likely N-dealkylation sites (tertiary alicyclic amines) is 1. The first kappa shape index (κ1) is 14.8. The highest BCUT2D eigenvalue weighted by molar-refractivity contribution is 5.70. The molecule has 0 spiro atoms. The van der Waals surface area contributed by atoms with Crippen molar-refractivity contribution in [1.82, 2.24) is 10.2 Å². The third-order valence-corrected chi connectivity index (χ3v) is 4.69. The van der Waals surface area contributed by atoms with Gasteiger partial charge in [-0.05, 0) is 51.2 Å². The van der Waals surface area contributed by atoms with Crippen molar-refractivity contribution in [2.24, 2.45) is 11.8 Å². The predicted molar refractivity (Wildman–Crippen MR) is 76.2 cm³/mol. The van der Waals surface area contributed by atoms with E-state index in [9.17, 15) is 9.90 Å². The van der Waals surface area contributed by atoms with Crippen LogP contribution >= 0.6 is 0 Å². The Morgan fingerprint density at radius 2 is 1.84 bits per heavy atom. The highest BCUT2D eigenvalue weighted by Gasteiger charge is 2.30. The summed E-state index contributed by atoms with van der Waals surface area (Å²) in [6, 6.07) is 0. The van der Waals surface area contributed by atoms with E-state index in [2.05, 4.69) is 10.2 Å². The number of nitrogens with one attached hydrogen (secondary N) is 1. The molecule has 2 fully saturated rings. The molecule has 1 saturated carbocycles. The predicted octanol–water partition coefficient (Wildman–Crippen LogP) is 1.95. The van der Waals surface area contributed by atoms with Gasteiger partial charge >= 0.3 is 5.97 Å². The summed E-state index contributed by atoms with van der Waals surface area (Å²) >= 11 is 0. The maximum Gasteiger partial charge on any atom is 0.306 e. The third kappa shape index (κ3) is 4.77. The lowest BCUT2D eigenvalue weighted by atomic mass is 9.79. The van der Waals surface area contributed by atoms with Crippen molar-refractivity contribution < 1.29 is 9.90 Å². The van der Waals surface area contributed by atoms with Crippen LogP contribution in [-0.4, -0.2) is 48.7 Å². The lowest BCUT2D eigenvalue weighted by Gasteiger charge is -2.30. The number of aliphatic carboxylic acids is 1. The molecule has 19 heavy (non-hydrogen) atoms. The highest BCUT2D eigenvalue weighted by atomic mass is 16.4. The topological polar surface area (TPSA) is 52.6 Å². The van der Waals surface area contributed by atoms with E-state index in [-0.39, 0.29) is 5.92 Å². The van der Waals surface area contributed by atoms with Crippen LogP contribution in [0.4, 0.5) is 0 Å². The molecule has 1 aliphatic heterocycles. The summed E-state index contributed by atoms with van der Waals surface area (Å²) in [4.78, 5) is 13.7. The number of carboxylic acids is 1. The molecule has 1 aliphatic carbocycles. The van der Waals surface area contributed by atoms with Crippen molar-refractivity contribution in [3.63, 3.8) is 0 Å². The van der Waals surface area contributed by atoms with Crippen molar-refractivity contribution in [3.8, 4) is 0 Å². The molecular weight excluding hydrogens is 240 g/mol. The van der Waals surface area contributed by atoms with Crippen LogP contribution in [0.1, 0.15) is 44.9 Å². The first-order valence-corrected chi connectivity index (χ1v) is 7.93. The molecule has 1 heterocycles. The standard InChI is InChI=1S/C15H28N2O2/c18-15(19)14-7-3-2-6-13(14)12-16-8-11-17-9-4-1-5-10-17/h13-14,16H,1-12H2,(H,18,19). The molecule has 0 radical (unpaired) electrons. The Kier molecular flexibility index (Phi) is 6.11. The summed E-state index contributed by atoms with van der Waals surface area (Å²) in [6.07, 6.45) is 8.28. The van der Waals surface area contributed by atoms with Gasteiger partial charge in [0, 0.05) is 13.1 Å². The molecule has 2 aliphatic rings. The maximum absolute atomic E-state index is 11.2. The van der Waals surface area contributed by atoms with Gasteiger partial charge in [-0.2, -0.15) is 0 Å². The molecule has 4 nitrogen and oxygen atoms in total. The van der Waals surface area contributed by atoms with Gasteiger partial charge < -0.3 is 15.3 Å². The number of carboxylic acid groups (broad SMARTS) is 1. The van der Waals surface area contributed by atoms with Gasteiger partial charge in [0.2, 0.25) is 0 Å². The fourth-order valence-corrected chi connectivity index (χ4v) is 3.48. The summed E-state index contributed by atoms with van der Waals surface area (Å²) in [5.41, 5.74) is 0. The molecule has 0 aromatic rings. The second-order valence-corrected chi connectivity index (χ2v) is 6.10. The zero-order valence-corrected chi connectivity index (χ0v) is 11.9. The number of piperidine rings is 1. The van der Waals surface area contributed by atoms with E-state index in [1.165, 1.54) is 38.8 Å². The van der Waals surface area contributed by atoms with Crippen molar-refractivity contribution >= 4 is 5.97 Å². The lowest BCUT2D eigenvalue weighted by Crippen LogP contribution is -2.39. The second-order valence-electron chi connectivity index (χ2n) is 6.10. The van der Waals surface area contributed by atoms with Gasteiger partial charge in [0.05, 0.1) is 5.92 Å². The van der Waals surface area contributed by atoms with Crippen LogP contribution in [0.5, 0.6) is 0 Å². The van der Waals surface area contributed by atoms with E-state index in [4.69, 9.17) is 0 Å².